The van der Waals surface area contributed by atoms with E-state index in [-0.39, 0.29) is 0 Å². The number of hydrogen-bond acceptors (Lipinski definition) is 2. The largest absolute Gasteiger partial charge is 0.389 e. The Morgan fingerprint density at radius 2 is 2.09 bits per heavy atom. The molecule has 0 amide bonds. The van der Waals surface area contributed by atoms with Gasteiger partial charge in [0.2, 0.25) is 0 Å². The SMILES string of the molecule is C#CCNCC1(O)CCCC1. The minimum atomic E-state index is -0.461. The van der Waals surface area contributed by atoms with E-state index in [2.05, 4.69) is 11.2 Å². The lowest BCUT2D eigenvalue weighted by atomic mass is 10.0. The smallest absolute Gasteiger partial charge is 0.0771 e. The topological polar surface area (TPSA) is 32.3 Å². The summed E-state index contributed by atoms with van der Waals surface area (Å²) in [7, 11) is 0. The molecule has 0 heterocycles. The van der Waals surface area contributed by atoms with Gasteiger partial charge < -0.3 is 10.4 Å². The zero-order valence-electron chi connectivity index (χ0n) is 6.77. The van der Waals surface area contributed by atoms with Crippen molar-refractivity contribution in [2.45, 2.75) is 31.3 Å². The average Bonchev–Trinajstić information content (AvgIpc) is 2.38. The Hall–Kier alpha value is -0.520. The van der Waals surface area contributed by atoms with Gasteiger partial charge in [-0.25, -0.2) is 0 Å². The molecule has 1 aliphatic rings. The molecule has 2 N–H and O–H groups in total. The van der Waals surface area contributed by atoms with Crippen molar-refractivity contribution in [3.05, 3.63) is 0 Å². The van der Waals surface area contributed by atoms with Gasteiger partial charge in [0.15, 0.2) is 0 Å². The summed E-state index contributed by atoms with van der Waals surface area (Å²) in [4.78, 5) is 0. The molecule has 0 unspecified atom stereocenters. The van der Waals surface area contributed by atoms with Crippen LogP contribution in [-0.4, -0.2) is 23.8 Å². The van der Waals surface area contributed by atoms with E-state index in [0.717, 1.165) is 25.7 Å². The molecule has 0 aromatic heterocycles. The van der Waals surface area contributed by atoms with E-state index in [4.69, 9.17) is 6.42 Å². The number of rotatable bonds is 3. The summed E-state index contributed by atoms with van der Waals surface area (Å²) in [6.45, 7) is 1.21. The monoisotopic (exact) mass is 153 g/mol. The maximum absolute atomic E-state index is 9.79. The molecule has 0 saturated heterocycles. The van der Waals surface area contributed by atoms with E-state index < -0.39 is 5.60 Å². The van der Waals surface area contributed by atoms with Gasteiger partial charge in [0.25, 0.3) is 0 Å². The first-order valence-electron chi connectivity index (χ1n) is 4.13. The van der Waals surface area contributed by atoms with Crippen molar-refractivity contribution in [1.29, 1.82) is 0 Å². The quantitative estimate of drug-likeness (QED) is 0.457. The maximum Gasteiger partial charge on any atom is 0.0771 e. The molecule has 0 spiro atoms. The van der Waals surface area contributed by atoms with Crippen molar-refractivity contribution in [1.82, 2.24) is 5.32 Å². The zero-order valence-corrected chi connectivity index (χ0v) is 6.77. The third kappa shape index (κ3) is 2.53. The molecule has 62 valence electrons. The van der Waals surface area contributed by atoms with Gasteiger partial charge in [0.05, 0.1) is 12.1 Å². The van der Waals surface area contributed by atoms with E-state index in [9.17, 15) is 5.11 Å². The first-order chi connectivity index (χ1) is 5.27. The fourth-order valence-electron chi connectivity index (χ4n) is 1.58. The van der Waals surface area contributed by atoms with Crippen LogP contribution in [0, 0.1) is 12.3 Å². The number of hydrogen-bond donors (Lipinski definition) is 2. The summed E-state index contributed by atoms with van der Waals surface area (Å²) < 4.78 is 0. The van der Waals surface area contributed by atoms with Gasteiger partial charge in [-0.15, -0.1) is 6.42 Å². The van der Waals surface area contributed by atoms with Gasteiger partial charge in [-0.3, -0.25) is 0 Å². The second kappa shape index (κ2) is 3.75. The van der Waals surface area contributed by atoms with E-state index in [1.54, 1.807) is 0 Å². The third-order valence-electron chi connectivity index (χ3n) is 2.22. The summed E-state index contributed by atoms with van der Waals surface area (Å²) in [5.41, 5.74) is -0.461. The second-order valence-electron chi connectivity index (χ2n) is 3.24. The molecule has 0 radical (unpaired) electrons. The number of terminal acetylenes is 1. The van der Waals surface area contributed by atoms with Crippen LogP contribution in [0.25, 0.3) is 0 Å². The maximum atomic E-state index is 9.79. The third-order valence-corrected chi connectivity index (χ3v) is 2.22. The molecule has 2 heteroatoms. The first-order valence-corrected chi connectivity index (χ1v) is 4.13. The van der Waals surface area contributed by atoms with Crippen LogP contribution in [0.1, 0.15) is 25.7 Å². The van der Waals surface area contributed by atoms with Gasteiger partial charge in [-0.1, -0.05) is 18.8 Å². The van der Waals surface area contributed by atoms with Crippen LogP contribution < -0.4 is 5.32 Å². The Morgan fingerprint density at radius 1 is 1.45 bits per heavy atom. The molecule has 1 rings (SSSR count). The molecule has 1 saturated carbocycles. The molecule has 0 atom stereocenters. The van der Waals surface area contributed by atoms with Crippen LogP contribution in [0.3, 0.4) is 0 Å². The lowest BCUT2D eigenvalue weighted by Crippen LogP contribution is -2.38. The minimum Gasteiger partial charge on any atom is -0.389 e. The van der Waals surface area contributed by atoms with E-state index in [0.29, 0.717) is 13.1 Å². The molecule has 1 fully saturated rings. The summed E-state index contributed by atoms with van der Waals surface area (Å²) in [5, 5.41) is 12.8. The van der Waals surface area contributed by atoms with Gasteiger partial charge in [-0.2, -0.15) is 0 Å². The molecule has 0 aromatic carbocycles. The number of nitrogens with one attached hydrogen (secondary N) is 1. The van der Waals surface area contributed by atoms with Crippen LogP contribution in [0.5, 0.6) is 0 Å². The lowest BCUT2D eigenvalue weighted by molar-refractivity contribution is 0.0489. The van der Waals surface area contributed by atoms with Gasteiger partial charge in [0.1, 0.15) is 0 Å². The highest BCUT2D eigenvalue weighted by Crippen LogP contribution is 2.28. The second-order valence-corrected chi connectivity index (χ2v) is 3.24. The van der Waals surface area contributed by atoms with E-state index in [1.807, 2.05) is 0 Å². The molecule has 1 aliphatic carbocycles. The molecular formula is C9H15NO. The van der Waals surface area contributed by atoms with Gasteiger partial charge in [-0.05, 0) is 12.8 Å². The van der Waals surface area contributed by atoms with Crippen molar-refractivity contribution in [2.75, 3.05) is 13.1 Å². The highest BCUT2D eigenvalue weighted by atomic mass is 16.3. The van der Waals surface area contributed by atoms with Crippen molar-refractivity contribution in [3.63, 3.8) is 0 Å². The Labute approximate surface area is 68.0 Å². The normalized spacial score (nSPS) is 21.5. The first kappa shape index (κ1) is 8.58. The molecule has 2 nitrogen and oxygen atoms in total. The highest BCUT2D eigenvalue weighted by Gasteiger charge is 2.29. The predicted molar refractivity (Wildman–Crippen MR) is 45.1 cm³/mol. The summed E-state index contributed by atoms with van der Waals surface area (Å²) in [6, 6.07) is 0. The standard InChI is InChI=1S/C9H15NO/c1-2-7-10-8-9(11)5-3-4-6-9/h1,10-11H,3-8H2. The van der Waals surface area contributed by atoms with Crippen molar-refractivity contribution < 1.29 is 5.11 Å². The van der Waals surface area contributed by atoms with E-state index >= 15 is 0 Å². The Balaban J connectivity index is 2.19. The predicted octanol–water partition coefficient (Wildman–Crippen LogP) is 0.514. The fourth-order valence-corrected chi connectivity index (χ4v) is 1.58. The summed E-state index contributed by atoms with van der Waals surface area (Å²) in [5.74, 6) is 2.49. The van der Waals surface area contributed by atoms with Crippen LogP contribution in [-0.2, 0) is 0 Å². The Bertz CT molecular complexity index is 153. The zero-order chi connectivity index (χ0) is 8.16. The van der Waals surface area contributed by atoms with Crippen LogP contribution in [0.15, 0.2) is 0 Å². The fraction of sp³-hybridized carbons (Fsp3) is 0.778. The average molecular weight is 153 g/mol. The number of aliphatic hydroxyl groups is 1. The lowest BCUT2D eigenvalue weighted by Gasteiger charge is -2.21. The van der Waals surface area contributed by atoms with Crippen molar-refractivity contribution in [3.8, 4) is 12.3 Å². The van der Waals surface area contributed by atoms with Crippen molar-refractivity contribution in [2.24, 2.45) is 0 Å². The molecular weight excluding hydrogens is 138 g/mol. The van der Waals surface area contributed by atoms with Gasteiger partial charge in [0, 0.05) is 6.54 Å². The van der Waals surface area contributed by atoms with Crippen LogP contribution in [0.4, 0.5) is 0 Å². The van der Waals surface area contributed by atoms with Crippen molar-refractivity contribution >= 4 is 0 Å². The van der Waals surface area contributed by atoms with E-state index in [1.165, 1.54) is 0 Å². The van der Waals surface area contributed by atoms with Gasteiger partial charge >= 0.3 is 0 Å². The molecule has 11 heavy (non-hydrogen) atoms. The van der Waals surface area contributed by atoms with Crippen LogP contribution >= 0.6 is 0 Å². The summed E-state index contributed by atoms with van der Waals surface area (Å²) in [6.07, 6.45) is 9.20. The minimum absolute atomic E-state index is 0.461. The molecule has 0 aliphatic heterocycles. The molecule has 0 aromatic rings. The van der Waals surface area contributed by atoms with Crippen LogP contribution in [0.2, 0.25) is 0 Å². The highest BCUT2D eigenvalue weighted by molar-refractivity contribution is 4.91. The molecule has 0 bridgehead atoms. The Kier molecular flexibility index (Phi) is 2.92. The summed E-state index contributed by atoms with van der Waals surface area (Å²) >= 11 is 0. The Morgan fingerprint density at radius 3 is 2.64 bits per heavy atom.